The summed E-state index contributed by atoms with van der Waals surface area (Å²) in [7, 11) is 0. The van der Waals surface area contributed by atoms with Crippen molar-refractivity contribution in [2.24, 2.45) is 0 Å². The molecule has 0 aliphatic carbocycles. The number of nitriles is 2. The molecule has 35 heavy (non-hydrogen) atoms. The number of hydrogen-bond donors (Lipinski definition) is 1. The molecule has 0 heterocycles. The largest absolute Gasteiger partial charge is 0.491 e. The third-order valence-electron chi connectivity index (χ3n) is 4.22. The van der Waals surface area contributed by atoms with Crippen LogP contribution in [0.15, 0.2) is 36.4 Å². The van der Waals surface area contributed by atoms with Crippen LogP contribution in [0.1, 0.15) is 56.4 Å². The van der Waals surface area contributed by atoms with Crippen LogP contribution in [-0.2, 0) is 12.4 Å². The van der Waals surface area contributed by atoms with E-state index < -0.39 is 46.8 Å². The molecule has 0 unspecified atom stereocenters. The first-order valence-electron chi connectivity index (χ1n) is 10.3. The minimum atomic E-state index is -4.60. The highest BCUT2D eigenvalue weighted by atomic mass is 19.4. The monoisotopic (exact) mass is 502 g/mol. The van der Waals surface area contributed by atoms with Gasteiger partial charge in [-0.1, -0.05) is 0 Å². The van der Waals surface area contributed by atoms with E-state index in [1.807, 2.05) is 0 Å². The number of ether oxygens (including phenoxy) is 2. The summed E-state index contributed by atoms with van der Waals surface area (Å²) < 4.78 is 86.2. The van der Waals surface area contributed by atoms with Crippen LogP contribution in [-0.4, -0.2) is 23.4 Å². The van der Waals surface area contributed by atoms with Gasteiger partial charge in [-0.15, -0.1) is 0 Å². The molecule has 2 rings (SSSR count). The van der Waals surface area contributed by atoms with Gasteiger partial charge >= 0.3 is 12.4 Å². The molecular formula is C24H24F6N2O3. The highest BCUT2D eigenvalue weighted by Gasteiger charge is 2.35. The number of benzene rings is 2. The summed E-state index contributed by atoms with van der Waals surface area (Å²) in [6, 6.07) is 9.51. The van der Waals surface area contributed by atoms with E-state index in [1.165, 1.54) is 24.3 Å². The highest BCUT2D eigenvalue weighted by molar-refractivity contribution is 5.45. The molecule has 0 aromatic heterocycles. The molecule has 0 amide bonds. The molecule has 0 aliphatic rings. The van der Waals surface area contributed by atoms with Gasteiger partial charge in [0.1, 0.15) is 11.5 Å². The lowest BCUT2D eigenvalue weighted by molar-refractivity contribution is -0.138. The predicted octanol–water partition coefficient (Wildman–Crippen LogP) is 6.48. The van der Waals surface area contributed by atoms with Crippen LogP contribution >= 0.6 is 0 Å². The van der Waals surface area contributed by atoms with Gasteiger partial charge in [-0.2, -0.15) is 36.9 Å². The summed E-state index contributed by atoms with van der Waals surface area (Å²) in [6.45, 7) is 6.65. The van der Waals surface area contributed by atoms with Gasteiger partial charge in [0, 0.05) is 6.42 Å². The van der Waals surface area contributed by atoms with E-state index in [-0.39, 0.29) is 17.6 Å². The van der Waals surface area contributed by atoms with Gasteiger partial charge in [-0.25, -0.2) is 0 Å². The van der Waals surface area contributed by atoms with Crippen molar-refractivity contribution in [3.05, 3.63) is 58.7 Å². The molecule has 0 fully saturated rings. The lowest BCUT2D eigenvalue weighted by atomic mass is 10.1. The molecule has 0 aliphatic heterocycles. The molecule has 11 heteroatoms. The molecule has 5 nitrogen and oxygen atoms in total. The number of hydrogen-bond acceptors (Lipinski definition) is 5. The first-order valence-corrected chi connectivity index (χ1v) is 10.3. The number of alkyl halides is 6. The van der Waals surface area contributed by atoms with Crippen molar-refractivity contribution >= 4 is 0 Å². The second-order valence-electron chi connectivity index (χ2n) is 7.81. The van der Waals surface area contributed by atoms with Crippen molar-refractivity contribution in [2.75, 3.05) is 0 Å². The van der Waals surface area contributed by atoms with Crippen LogP contribution in [0, 0.1) is 22.7 Å². The molecule has 2 aromatic carbocycles. The van der Waals surface area contributed by atoms with Crippen LogP contribution in [0.5, 0.6) is 11.5 Å². The van der Waals surface area contributed by atoms with Gasteiger partial charge in [0.15, 0.2) is 0 Å². The Morgan fingerprint density at radius 3 is 1.49 bits per heavy atom. The third-order valence-corrected chi connectivity index (χ3v) is 4.22. The number of nitrogens with zero attached hydrogens (tertiary/aromatic N) is 2. The van der Waals surface area contributed by atoms with E-state index in [1.54, 1.807) is 27.7 Å². The van der Waals surface area contributed by atoms with Gasteiger partial charge in [0.2, 0.25) is 0 Å². The lowest BCUT2D eigenvalue weighted by Crippen LogP contribution is -2.18. The molecule has 2 aromatic rings. The topological polar surface area (TPSA) is 86.3 Å². The summed E-state index contributed by atoms with van der Waals surface area (Å²) in [4.78, 5) is 0. The van der Waals surface area contributed by atoms with Crippen LogP contribution in [0.25, 0.3) is 0 Å². The number of rotatable bonds is 6. The molecular weight excluding hydrogens is 478 g/mol. The van der Waals surface area contributed by atoms with Crippen LogP contribution in [0.4, 0.5) is 26.3 Å². The summed E-state index contributed by atoms with van der Waals surface area (Å²) in [6.07, 6.45) is -10.1. The summed E-state index contributed by atoms with van der Waals surface area (Å²) in [5.74, 6) is 0.140. The van der Waals surface area contributed by atoms with Crippen LogP contribution in [0.2, 0.25) is 0 Å². The smallest absolute Gasteiger partial charge is 0.417 e. The van der Waals surface area contributed by atoms with Gasteiger partial charge in [0.05, 0.1) is 52.7 Å². The zero-order chi connectivity index (χ0) is 27.0. The average Bonchev–Trinajstić information content (AvgIpc) is 2.72. The maximum Gasteiger partial charge on any atom is 0.417 e. The van der Waals surface area contributed by atoms with E-state index >= 15 is 0 Å². The maximum absolute atomic E-state index is 12.7. The van der Waals surface area contributed by atoms with Crippen LogP contribution < -0.4 is 9.47 Å². The Hall–Kier alpha value is -3.44. The number of halogens is 6. The third kappa shape index (κ3) is 9.75. The SMILES string of the molecule is CC(C)Oc1ccc(C#N)c(C(F)(F)F)c1.C[C@H](C[C@@H](C)O)Oc1ccc(C#N)c(C(F)(F)F)c1. The van der Waals surface area contributed by atoms with Crippen molar-refractivity contribution in [2.45, 2.75) is 64.8 Å². The van der Waals surface area contributed by atoms with Gasteiger partial charge < -0.3 is 14.6 Å². The summed E-state index contributed by atoms with van der Waals surface area (Å²) in [5.41, 5.74) is -2.82. The Morgan fingerprint density at radius 1 is 0.771 bits per heavy atom. The van der Waals surface area contributed by atoms with Gasteiger partial charge in [-0.05, 0) is 64.1 Å². The zero-order valence-electron chi connectivity index (χ0n) is 19.3. The number of aliphatic hydroxyl groups is 1. The van der Waals surface area contributed by atoms with Crippen molar-refractivity contribution in [3.8, 4) is 23.6 Å². The quantitative estimate of drug-likeness (QED) is 0.457. The van der Waals surface area contributed by atoms with E-state index in [0.717, 1.165) is 24.3 Å². The van der Waals surface area contributed by atoms with E-state index in [2.05, 4.69) is 0 Å². The molecule has 0 saturated heterocycles. The molecule has 0 saturated carbocycles. The second kappa shape index (κ2) is 12.3. The maximum atomic E-state index is 12.7. The zero-order valence-corrected chi connectivity index (χ0v) is 19.3. The fraction of sp³-hybridized carbons (Fsp3) is 0.417. The summed E-state index contributed by atoms with van der Waals surface area (Å²) in [5, 5.41) is 26.4. The summed E-state index contributed by atoms with van der Waals surface area (Å²) >= 11 is 0. The van der Waals surface area contributed by atoms with Gasteiger partial charge in [0.25, 0.3) is 0 Å². The Bertz CT molecular complexity index is 1070. The fourth-order valence-electron chi connectivity index (χ4n) is 2.89. The van der Waals surface area contributed by atoms with Crippen molar-refractivity contribution in [1.82, 2.24) is 0 Å². The first-order chi connectivity index (χ1) is 16.1. The molecule has 2 atom stereocenters. The minimum Gasteiger partial charge on any atom is -0.491 e. The number of aliphatic hydroxyl groups excluding tert-OH is 1. The Labute approximate surface area is 199 Å². The van der Waals surface area contributed by atoms with E-state index in [4.69, 9.17) is 25.1 Å². The molecule has 190 valence electrons. The average molecular weight is 502 g/mol. The molecule has 0 bridgehead atoms. The second-order valence-corrected chi connectivity index (χ2v) is 7.81. The standard InChI is InChI=1S/C13H14F3NO2.C11H10F3NO/c1-8(18)5-9(2)19-11-4-3-10(7-17)12(6-11)13(14,15)16;1-7(2)16-9-4-3-8(6-15)10(5-9)11(12,13)14/h3-4,6,8-9,18H,5H2,1-2H3;3-5,7H,1-2H3/t8-,9-;/m1./s1. The Morgan fingerprint density at radius 2 is 1.17 bits per heavy atom. The molecule has 1 N–H and O–H groups in total. The van der Waals surface area contributed by atoms with Gasteiger partial charge in [-0.3, -0.25) is 0 Å². The highest BCUT2D eigenvalue weighted by Crippen LogP contribution is 2.35. The molecule has 0 spiro atoms. The van der Waals surface area contributed by atoms with Crippen molar-refractivity contribution in [3.63, 3.8) is 0 Å². The lowest BCUT2D eigenvalue weighted by Gasteiger charge is -2.17. The fourth-order valence-corrected chi connectivity index (χ4v) is 2.89. The molecule has 0 radical (unpaired) electrons. The van der Waals surface area contributed by atoms with Crippen LogP contribution in [0.3, 0.4) is 0 Å². The van der Waals surface area contributed by atoms with Crippen molar-refractivity contribution < 1.29 is 40.9 Å². The normalized spacial score (nSPS) is 13.1. The Kier molecular flexibility index (Phi) is 10.4. The minimum absolute atomic E-state index is 0.0273. The van der Waals surface area contributed by atoms with Crippen molar-refractivity contribution in [1.29, 1.82) is 10.5 Å². The van der Waals surface area contributed by atoms with E-state index in [0.29, 0.717) is 6.42 Å². The Balaban J connectivity index is 0.000000355. The first kappa shape index (κ1) is 29.6. The van der Waals surface area contributed by atoms with E-state index in [9.17, 15) is 26.3 Å². The predicted molar refractivity (Wildman–Crippen MR) is 114 cm³/mol.